The van der Waals surface area contributed by atoms with Gasteiger partial charge in [-0.25, -0.2) is 9.18 Å². The van der Waals surface area contributed by atoms with Gasteiger partial charge in [-0.05, 0) is 19.1 Å². The Kier molecular flexibility index (Phi) is 4.55. The van der Waals surface area contributed by atoms with Gasteiger partial charge < -0.3 is 15.4 Å². The fourth-order valence-corrected chi connectivity index (χ4v) is 2.29. The molecule has 6 nitrogen and oxygen atoms in total. The molecule has 0 spiro atoms. The summed E-state index contributed by atoms with van der Waals surface area (Å²) in [6, 6.07) is 5.65. The Balaban J connectivity index is 2.30. The van der Waals surface area contributed by atoms with Crippen LogP contribution in [0.5, 0.6) is 0 Å². The van der Waals surface area contributed by atoms with Gasteiger partial charge in [-0.3, -0.25) is 9.59 Å². The standard InChI is InChI=1S/C15H15FN2O4/c1-8-13(15(21)22-2)9(7-12(19)17-8)14(20)18-11-6-4-3-5-10(11)16/h3-6,9H,7H2,1-2H3,(H,17,19)(H,18,20)/t9-/m0/s1. The highest BCUT2D eigenvalue weighted by Crippen LogP contribution is 2.26. The van der Waals surface area contributed by atoms with Gasteiger partial charge in [-0.15, -0.1) is 0 Å². The first-order valence-corrected chi connectivity index (χ1v) is 6.58. The molecule has 0 radical (unpaired) electrons. The van der Waals surface area contributed by atoms with Crippen LogP contribution in [0.2, 0.25) is 0 Å². The average molecular weight is 306 g/mol. The fraction of sp³-hybridized carbons (Fsp3) is 0.267. The lowest BCUT2D eigenvalue weighted by Crippen LogP contribution is -2.40. The predicted octanol–water partition coefficient (Wildman–Crippen LogP) is 1.35. The molecule has 0 unspecified atom stereocenters. The van der Waals surface area contributed by atoms with E-state index in [1.807, 2.05) is 0 Å². The molecular formula is C15H15FN2O4. The molecule has 1 aliphatic rings. The van der Waals surface area contributed by atoms with E-state index in [4.69, 9.17) is 0 Å². The third-order valence-corrected chi connectivity index (χ3v) is 3.32. The molecule has 1 aromatic carbocycles. The predicted molar refractivity (Wildman–Crippen MR) is 76.0 cm³/mol. The van der Waals surface area contributed by atoms with Crippen LogP contribution in [0.3, 0.4) is 0 Å². The Hall–Kier alpha value is -2.70. The van der Waals surface area contributed by atoms with E-state index in [0.29, 0.717) is 0 Å². The number of carbonyl (C=O) groups excluding carboxylic acids is 3. The number of halogens is 1. The lowest BCUT2D eigenvalue weighted by molar-refractivity contribution is -0.139. The number of para-hydroxylation sites is 1. The van der Waals surface area contributed by atoms with Gasteiger partial charge >= 0.3 is 5.97 Å². The third kappa shape index (κ3) is 3.13. The Morgan fingerprint density at radius 3 is 2.68 bits per heavy atom. The van der Waals surface area contributed by atoms with Crippen molar-refractivity contribution in [2.24, 2.45) is 5.92 Å². The molecule has 2 rings (SSSR count). The van der Waals surface area contributed by atoms with E-state index in [-0.39, 0.29) is 29.3 Å². The minimum absolute atomic E-state index is 0.0136. The number of nitrogens with one attached hydrogen (secondary N) is 2. The lowest BCUT2D eigenvalue weighted by Gasteiger charge is -2.25. The normalized spacial score (nSPS) is 17.8. The molecule has 1 aromatic rings. The SMILES string of the molecule is COC(=O)C1=C(C)NC(=O)C[C@@H]1C(=O)Nc1ccccc1F. The average Bonchev–Trinajstić information content (AvgIpc) is 2.48. The minimum Gasteiger partial charge on any atom is -0.466 e. The van der Waals surface area contributed by atoms with Crippen molar-refractivity contribution in [2.75, 3.05) is 12.4 Å². The molecule has 0 aromatic heterocycles. The van der Waals surface area contributed by atoms with Crippen LogP contribution in [-0.4, -0.2) is 24.9 Å². The van der Waals surface area contributed by atoms with E-state index in [0.717, 1.165) is 0 Å². The number of allylic oxidation sites excluding steroid dienone is 1. The first kappa shape index (κ1) is 15.7. The van der Waals surface area contributed by atoms with Crippen LogP contribution in [0.15, 0.2) is 35.5 Å². The van der Waals surface area contributed by atoms with Gasteiger partial charge in [0.1, 0.15) is 5.82 Å². The van der Waals surface area contributed by atoms with E-state index < -0.39 is 23.6 Å². The van der Waals surface area contributed by atoms with Crippen LogP contribution < -0.4 is 10.6 Å². The highest BCUT2D eigenvalue weighted by atomic mass is 19.1. The molecule has 0 saturated carbocycles. The summed E-state index contributed by atoms with van der Waals surface area (Å²) in [5.74, 6) is -3.36. The molecule has 0 fully saturated rings. The van der Waals surface area contributed by atoms with Gasteiger partial charge in [0.15, 0.2) is 0 Å². The number of amides is 2. The third-order valence-electron chi connectivity index (χ3n) is 3.32. The van der Waals surface area contributed by atoms with Crippen LogP contribution in [0.25, 0.3) is 0 Å². The van der Waals surface area contributed by atoms with Gasteiger partial charge in [0.2, 0.25) is 11.8 Å². The fourth-order valence-electron chi connectivity index (χ4n) is 2.29. The maximum Gasteiger partial charge on any atom is 0.336 e. The second-order valence-electron chi connectivity index (χ2n) is 4.80. The summed E-state index contributed by atoms with van der Waals surface area (Å²) in [5, 5.41) is 4.88. The van der Waals surface area contributed by atoms with Crippen molar-refractivity contribution in [3.63, 3.8) is 0 Å². The number of anilines is 1. The lowest BCUT2D eigenvalue weighted by atomic mass is 9.89. The van der Waals surface area contributed by atoms with Crippen LogP contribution in [0.4, 0.5) is 10.1 Å². The first-order chi connectivity index (χ1) is 10.4. The van der Waals surface area contributed by atoms with E-state index in [1.165, 1.54) is 32.2 Å². The summed E-state index contributed by atoms with van der Waals surface area (Å²) in [6.45, 7) is 1.51. The van der Waals surface area contributed by atoms with Gasteiger partial charge in [-0.2, -0.15) is 0 Å². The maximum absolute atomic E-state index is 13.6. The number of methoxy groups -OCH3 is 1. The zero-order valence-corrected chi connectivity index (χ0v) is 12.1. The summed E-state index contributed by atoms with van der Waals surface area (Å²) >= 11 is 0. The van der Waals surface area contributed by atoms with E-state index in [9.17, 15) is 18.8 Å². The zero-order valence-electron chi connectivity index (χ0n) is 12.1. The molecule has 0 bridgehead atoms. The summed E-state index contributed by atoms with van der Waals surface area (Å²) in [7, 11) is 1.19. The second kappa shape index (κ2) is 6.38. The Morgan fingerprint density at radius 2 is 2.05 bits per heavy atom. The van der Waals surface area contributed by atoms with Gasteiger partial charge in [0.05, 0.1) is 24.3 Å². The van der Waals surface area contributed by atoms with Gasteiger partial charge in [-0.1, -0.05) is 12.1 Å². The molecule has 22 heavy (non-hydrogen) atoms. The number of rotatable bonds is 3. The molecule has 2 amide bonds. The quantitative estimate of drug-likeness (QED) is 0.826. The molecular weight excluding hydrogens is 291 g/mol. The first-order valence-electron chi connectivity index (χ1n) is 6.58. The Morgan fingerprint density at radius 1 is 1.36 bits per heavy atom. The monoisotopic (exact) mass is 306 g/mol. The van der Waals surface area contributed by atoms with Crippen molar-refractivity contribution < 1.29 is 23.5 Å². The molecule has 1 aliphatic heterocycles. The van der Waals surface area contributed by atoms with Crippen molar-refractivity contribution in [1.82, 2.24) is 5.32 Å². The smallest absolute Gasteiger partial charge is 0.336 e. The van der Waals surface area contributed by atoms with Crippen LogP contribution in [-0.2, 0) is 19.1 Å². The van der Waals surface area contributed by atoms with Crippen LogP contribution in [0.1, 0.15) is 13.3 Å². The Labute approximate surface area is 126 Å². The molecule has 1 atom stereocenters. The summed E-state index contributed by atoms with van der Waals surface area (Å²) in [6.07, 6.45) is -0.206. The number of carbonyl (C=O) groups is 3. The van der Waals surface area contributed by atoms with Gasteiger partial charge in [0.25, 0.3) is 0 Å². The number of ether oxygens (including phenoxy) is 1. The van der Waals surface area contributed by atoms with Crippen molar-refractivity contribution in [3.05, 3.63) is 41.4 Å². The molecule has 0 aliphatic carbocycles. The molecule has 7 heteroatoms. The molecule has 1 heterocycles. The van der Waals surface area contributed by atoms with Gasteiger partial charge in [0, 0.05) is 12.1 Å². The van der Waals surface area contributed by atoms with Crippen molar-refractivity contribution in [2.45, 2.75) is 13.3 Å². The van der Waals surface area contributed by atoms with Crippen molar-refractivity contribution >= 4 is 23.5 Å². The van der Waals surface area contributed by atoms with E-state index in [2.05, 4.69) is 15.4 Å². The van der Waals surface area contributed by atoms with E-state index >= 15 is 0 Å². The minimum atomic E-state index is -1.03. The van der Waals surface area contributed by atoms with E-state index in [1.54, 1.807) is 6.07 Å². The molecule has 0 saturated heterocycles. The zero-order chi connectivity index (χ0) is 16.3. The van der Waals surface area contributed by atoms with Crippen molar-refractivity contribution in [1.29, 1.82) is 0 Å². The highest BCUT2D eigenvalue weighted by Gasteiger charge is 2.36. The summed E-state index contributed by atoms with van der Waals surface area (Å²) < 4.78 is 18.2. The maximum atomic E-state index is 13.6. The molecule has 2 N–H and O–H groups in total. The van der Waals surface area contributed by atoms with Crippen LogP contribution >= 0.6 is 0 Å². The summed E-state index contributed by atoms with van der Waals surface area (Å²) in [4.78, 5) is 35.8. The number of esters is 1. The number of benzene rings is 1. The molecule has 116 valence electrons. The van der Waals surface area contributed by atoms with Crippen molar-refractivity contribution in [3.8, 4) is 0 Å². The number of hydrogen-bond donors (Lipinski definition) is 2. The highest BCUT2D eigenvalue weighted by molar-refractivity contribution is 6.06. The second-order valence-corrected chi connectivity index (χ2v) is 4.80. The van der Waals surface area contributed by atoms with Crippen LogP contribution in [0, 0.1) is 11.7 Å². The Bertz CT molecular complexity index is 669. The topological polar surface area (TPSA) is 84.5 Å². The number of hydrogen-bond acceptors (Lipinski definition) is 4. The summed E-state index contributed by atoms with van der Waals surface area (Å²) in [5.41, 5.74) is 0.313. The largest absolute Gasteiger partial charge is 0.466 e.